The first-order chi connectivity index (χ1) is 20.1. The molecule has 2 aliphatic heterocycles. The van der Waals surface area contributed by atoms with Gasteiger partial charge in [0.1, 0.15) is 11.1 Å². The fourth-order valence-electron chi connectivity index (χ4n) is 6.17. The van der Waals surface area contributed by atoms with Crippen molar-refractivity contribution in [3.8, 4) is 0 Å². The molecule has 42 heavy (non-hydrogen) atoms. The molecule has 2 saturated heterocycles. The molecule has 3 aromatic carbocycles. The molecule has 0 aromatic heterocycles. The minimum absolute atomic E-state index is 0.146. The third-order valence-corrected chi connectivity index (χ3v) is 8.34. The Hall–Kier alpha value is -3.68. The smallest absolute Gasteiger partial charge is 0.338 e. The van der Waals surface area contributed by atoms with Gasteiger partial charge in [-0.2, -0.15) is 0 Å². The van der Waals surface area contributed by atoms with Crippen LogP contribution in [0.25, 0.3) is 0 Å². The first-order valence-electron chi connectivity index (χ1n) is 15.0. The molecule has 0 saturated carbocycles. The van der Waals surface area contributed by atoms with Gasteiger partial charge in [-0.25, -0.2) is 4.79 Å². The second kappa shape index (κ2) is 12.7. The van der Waals surface area contributed by atoms with Crippen LogP contribution in [0.3, 0.4) is 0 Å². The highest BCUT2D eigenvalue weighted by molar-refractivity contribution is 5.94. The summed E-state index contributed by atoms with van der Waals surface area (Å²) in [7, 11) is 0. The van der Waals surface area contributed by atoms with E-state index in [4.69, 9.17) is 4.74 Å². The van der Waals surface area contributed by atoms with Crippen LogP contribution in [0.15, 0.2) is 84.9 Å². The summed E-state index contributed by atoms with van der Waals surface area (Å²) in [6.45, 7) is 9.07. The number of nitrogens with zero attached hydrogens (tertiary/aromatic N) is 3. The fraction of sp³-hybridized carbons (Fsp3) is 0.429. The molecular formula is C35H43N3O4. The van der Waals surface area contributed by atoms with E-state index in [0.29, 0.717) is 18.8 Å². The van der Waals surface area contributed by atoms with E-state index in [1.54, 1.807) is 6.07 Å². The predicted molar refractivity (Wildman–Crippen MR) is 165 cm³/mol. The molecule has 1 spiro atoms. The van der Waals surface area contributed by atoms with E-state index in [1.807, 2.05) is 92.4 Å². The minimum atomic E-state index is -0.593. The molecule has 7 heteroatoms. The lowest BCUT2D eigenvalue weighted by Crippen LogP contribution is -2.56. The lowest BCUT2D eigenvalue weighted by molar-refractivity contribution is -0.134. The normalized spacial score (nSPS) is 18.0. The number of anilines is 1. The topological polar surface area (TPSA) is 73.3 Å². The maximum Gasteiger partial charge on any atom is 0.338 e. The third-order valence-electron chi connectivity index (χ3n) is 8.34. The highest BCUT2D eigenvalue weighted by Gasteiger charge is 2.53. The van der Waals surface area contributed by atoms with Crippen molar-refractivity contribution in [2.24, 2.45) is 0 Å². The molecule has 0 bridgehead atoms. The summed E-state index contributed by atoms with van der Waals surface area (Å²) < 4.78 is 5.56. The van der Waals surface area contributed by atoms with E-state index in [2.05, 4.69) is 21.9 Å². The molecule has 2 aliphatic rings. The number of aliphatic hydroxyl groups excluding tert-OH is 1. The van der Waals surface area contributed by atoms with Gasteiger partial charge in [-0.05, 0) is 88.4 Å². The molecule has 1 atom stereocenters. The van der Waals surface area contributed by atoms with Crippen LogP contribution in [-0.4, -0.2) is 64.2 Å². The SMILES string of the molecule is CC(C)(C)OC(=O)c1cccc(CN2CN(c3ccccc3)C3(CCN(CCCC(O)c4ccccc4)CC3)C2=O)c1. The van der Waals surface area contributed by atoms with Crippen LogP contribution < -0.4 is 4.90 Å². The number of esters is 1. The Balaban J connectivity index is 1.26. The number of benzene rings is 3. The van der Waals surface area contributed by atoms with E-state index >= 15 is 0 Å². The molecule has 3 aromatic rings. The van der Waals surface area contributed by atoms with E-state index in [0.717, 1.165) is 62.1 Å². The average Bonchev–Trinajstić information content (AvgIpc) is 3.24. The van der Waals surface area contributed by atoms with Gasteiger partial charge in [0, 0.05) is 25.3 Å². The Bertz CT molecular complexity index is 1350. The molecule has 1 N–H and O–H groups in total. The third kappa shape index (κ3) is 6.85. The lowest BCUT2D eigenvalue weighted by Gasteiger charge is -2.43. The molecule has 0 aliphatic carbocycles. The number of rotatable bonds is 9. The van der Waals surface area contributed by atoms with Gasteiger partial charge in [-0.15, -0.1) is 0 Å². The number of amides is 1. The van der Waals surface area contributed by atoms with Gasteiger partial charge < -0.3 is 24.5 Å². The second-order valence-corrected chi connectivity index (χ2v) is 12.6. The highest BCUT2D eigenvalue weighted by Crippen LogP contribution is 2.40. The number of ether oxygens (including phenoxy) is 1. The molecular weight excluding hydrogens is 526 g/mol. The van der Waals surface area contributed by atoms with Gasteiger partial charge in [0.05, 0.1) is 18.3 Å². The molecule has 1 amide bonds. The van der Waals surface area contributed by atoms with E-state index in [-0.39, 0.29) is 11.9 Å². The molecule has 2 fully saturated rings. The van der Waals surface area contributed by atoms with Crippen LogP contribution in [0.5, 0.6) is 0 Å². The number of carbonyl (C=O) groups is 2. The highest BCUT2D eigenvalue weighted by atomic mass is 16.6. The maximum absolute atomic E-state index is 14.2. The van der Waals surface area contributed by atoms with E-state index < -0.39 is 17.2 Å². The summed E-state index contributed by atoms with van der Waals surface area (Å²) in [5, 5.41) is 10.6. The Morgan fingerprint density at radius 2 is 1.62 bits per heavy atom. The monoisotopic (exact) mass is 569 g/mol. The van der Waals surface area contributed by atoms with Crippen molar-refractivity contribution >= 4 is 17.6 Å². The number of carbonyl (C=O) groups excluding carboxylic acids is 2. The van der Waals surface area contributed by atoms with Gasteiger partial charge in [0.25, 0.3) is 0 Å². The van der Waals surface area contributed by atoms with Crippen LogP contribution in [0.2, 0.25) is 0 Å². The van der Waals surface area contributed by atoms with Gasteiger partial charge in [-0.3, -0.25) is 4.79 Å². The first kappa shape index (κ1) is 29.8. The van der Waals surface area contributed by atoms with Gasteiger partial charge in [0.15, 0.2) is 0 Å². The summed E-state index contributed by atoms with van der Waals surface area (Å²) >= 11 is 0. The fourth-order valence-corrected chi connectivity index (χ4v) is 6.17. The van der Waals surface area contributed by atoms with Crippen molar-refractivity contribution < 1.29 is 19.4 Å². The summed E-state index contributed by atoms with van der Waals surface area (Å²) in [4.78, 5) is 33.5. The van der Waals surface area contributed by atoms with Crippen LogP contribution in [0, 0.1) is 0 Å². The Kier molecular flexibility index (Phi) is 8.99. The van der Waals surface area contributed by atoms with Crippen molar-refractivity contribution in [1.29, 1.82) is 0 Å². The second-order valence-electron chi connectivity index (χ2n) is 12.6. The quantitative estimate of drug-likeness (QED) is 0.329. The Morgan fingerprint density at radius 1 is 0.952 bits per heavy atom. The zero-order valence-corrected chi connectivity index (χ0v) is 25.0. The summed E-state index contributed by atoms with van der Waals surface area (Å²) in [6.07, 6.45) is 2.66. The molecule has 0 radical (unpaired) electrons. The molecule has 1 unspecified atom stereocenters. The van der Waals surface area contributed by atoms with Crippen LogP contribution >= 0.6 is 0 Å². The van der Waals surface area contributed by atoms with Gasteiger partial charge in [-0.1, -0.05) is 60.7 Å². The Morgan fingerprint density at radius 3 is 2.29 bits per heavy atom. The number of likely N-dealkylation sites (tertiary alicyclic amines) is 1. The zero-order chi connectivity index (χ0) is 29.7. The molecule has 5 rings (SSSR count). The zero-order valence-electron chi connectivity index (χ0n) is 25.0. The number of hydrogen-bond donors (Lipinski definition) is 1. The number of aliphatic hydroxyl groups is 1. The van der Waals surface area contributed by atoms with E-state index in [9.17, 15) is 14.7 Å². The lowest BCUT2D eigenvalue weighted by atomic mass is 9.85. The Labute approximate surface area is 249 Å². The van der Waals surface area contributed by atoms with Crippen molar-refractivity contribution in [3.63, 3.8) is 0 Å². The van der Waals surface area contributed by atoms with Crippen molar-refractivity contribution in [2.45, 2.75) is 70.2 Å². The van der Waals surface area contributed by atoms with Gasteiger partial charge >= 0.3 is 5.97 Å². The predicted octanol–water partition coefficient (Wildman–Crippen LogP) is 5.80. The summed E-state index contributed by atoms with van der Waals surface area (Å²) in [5.74, 6) is -0.212. The standard InChI is InChI=1S/C35H43N3O4/c1-34(2,3)42-32(40)29-15-10-12-27(24-29)25-37-26-38(30-16-8-5-9-17-30)35(33(37)41)19-22-36(23-20-35)21-11-18-31(39)28-13-6-4-7-14-28/h4-10,12-17,24,31,39H,11,18-23,25-26H2,1-3H3. The largest absolute Gasteiger partial charge is 0.456 e. The van der Waals surface area contributed by atoms with Gasteiger partial charge in [0.2, 0.25) is 5.91 Å². The summed E-state index contributed by atoms with van der Waals surface area (Å²) in [6, 6.07) is 27.4. The maximum atomic E-state index is 14.2. The number of hydrogen-bond acceptors (Lipinski definition) is 6. The number of piperidine rings is 1. The average molecular weight is 570 g/mol. The van der Waals surface area contributed by atoms with Crippen molar-refractivity contribution in [2.75, 3.05) is 31.2 Å². The minimum Gasteiger partial charge on any atom is -0.456 e. The molecule has 222 valence electrons. The summed E-state index contributed by atoms with van der Waals surface area (Å²) in [5.41, 5.74) is 2.25. The van der Waals surface area contributed by atoms with E-state index in [1.165, 1.54) is 0 Å². The molecule has 2 heterocycles. The van der Waals surface area contributed by atoms with Crippen molar-refractivity contribution in [1.82, 2.24) is 9.80 Å². The number of para-hydroxylation sites is 1. The first-order valence-corrected chi connectivity index (χ1v) is 15.0. The molecule has 7 nitrogen and oxygen atoms in total. The van der Waals surface area contributed by atoms with Crippen LogP contribution in [-0.2, 0) is 16.1 Å². The van der Waals surface area contributed by atoms with Crippen molar-refractivity contribution in [3.05, 3.63) is 102 Å². The van der Waals surface area contributed by atoms with Crippen LogP contribution in [0.1, 0.15) is 74.0 Å². The van der Waals surface area contributed by atoms with Crippen LogP contribution in [0.4, 0.5) is 5.69 Å².